The summed E-state index contributed by atoms with van der Waals surface area (Å²) in [6, 6.07) is 14.0. The number of fused-ring (bicyclic) bond motifs is 1. The van der Waals surface area contributed by atoms with Gasteiger partial charge < -0.3 is 10.4 Å². The Balaban J connectivity index is 1.77. The van der Waals surface area contributed by atoms with Gasteiger partial charge in [-0.15, -0.1) is 0 Å². The number of rotatable bonds is 2. The van der Waals surface area contributed by atoms with Gasteiger partial charge in [-0.25, -0.2) is 0 Å². The van der Waals surface area contributed by atoms with Crippen molar-refractivity contribution in [2.75, 3.05) is 5.32 Å². The van der Waals surface area contributed by atoms with Crippen molar-refractivity contribution in [3.63, 3.8) is 0 Å². The summed E-state index contributed by atoms with van der Waals surface area (Å²) >= 11 is 0. The summed E-state index contributed by atoms with van der Waals surface area (Å²) < 4.78 is 0. The number of hydrogen-bond acceptors (Lipinski definition) is 2. The van der Waals surface area contributed by atoms with Gasteiger partial charge >= 0.3 is 0 Å². The third-order valence-electron chi connectivity index (χ3n) is 4.11. The van der Waals surface area contributed by atoms with Crippen LogP contribution in [0.3, 0.4) is 0 Å². The van der Waals surface area contributed by atoms with Crippen molar-refractivity contribution in [1.82, 2.24) is 0 Å². The fourth-order valence-electron chi connectivity index (χ4n) is 2.91. The van der Waals surface area contributed by atoms with Crippen LogP contribution in [0.2, 0.25) is 0 Å². The van der Waals surface area contributed by atoms with Crippen molar-refractivity contribution in [2.24, 2.45) is 5.92 Å². The molecule has 0 heterocycles. The molecule has 1 amide bonds. The lowest BCUT2D eigenvalue weighted by Crippen LogP contribution is -2.28. The monoisotopic (exact) mass is 269 g/mol. The lowest BCUT2D eigenvalue weighted by atomic mass is 9.87. The molecular formula is C17H19NO2. The van der Waals surface area contributed by atoms with Gasteiger partial charge in [-0.2, -0.15) is 0 Å². The molecule has 0 radical (unpaired) electrons. The first kappa shape index (κ1) is 13.1. The van der Waals surface area contributed by atoms with Gasteiger partial charge in [0.1, 0.15) is 0 Å². The molecule has 2 aromatic carbocycles. The predicted octanol–water partition coefficient (Wildman–Crippen LogP) is 3.33. The summed E-state index contributed by atoms with van der Waals surface area (Å²) in [6.45, 7) is 0. The van der Waals surface area contributed by atoms with Gasteiger partial charge in [-0.05, 0) is 37.1 Å². The molecule has 0 atom stereocenters. The average Bonchev–Trinajstić information content (AvgIpc) is 2.48. The lowest BCUT2D eigenvalue weighted by Gasteiger charge is -2.24. The number of aliphatic hydroxyl groups excluding tert-OH is 1. The van der Waals surface area contributed by atoms with Crippen molar-refractivity contribution in [3.8, 4) is 0 Å². The predicted molar refractivity (Wildman–Crippen MR) is 80.5 cm³/mol. The summed E-state index contributed by atoms with van der Waals surface area (Å²) in [5.41, 5.74) is 0.874. The van der Waals surface area contributed by atoms with E-state index < -0.39 is 0 Å². The minimum Gasteiger partial charge on any atom is -0.393 e. The number of carbonyl (C=O) groups is 1. The fraction of sp³-hybridized carbons (Fsp3) is 0.353. The van der Waals surface area contributed by atoms with Crippen LogP contribution >= 0.6 is 0 Å². The molecule has 0 aliphatic heterocycles. The van der Waals surface area contributed by atoms with Gasteiger partial charge in [0, 0.05) is 17.0 Å². The third kappa shape index (κ3) is 2.68. The SMILES string of the molecule is O=C(Nc1cccc2ccccc12)C1CCC(O)CC1. The Labute approximate surface area is 118 Å². The van der Waals surface area contributed by atoms with Crippen LogP contribution in [0.4, 0.5) is 5.69 Å². The first-order valence-electron chi connectivity index (χ1n) is 7.21. The zero-order valence-corrected chi connectivity index (χ0v) is 11.4. The molecule has 3 nitrogen and oxygen atoms in total. The van der Waals surface area contributed by atoms with E-state index in [-0.39, 0.29) is 17.9 Å². The second-order valence-electron chi connectivity index (χ2n) is 5.52. The fourth-order valence-corrected chi connectivity index (χ4v) is 2.91. The zero-order chi connectivity index (χ0) is 13.9. The smallest absolute Gasteiger partial charge is 0.227 e. The Morgan fingerprint density at radius 2 is 1.70 bits per heavy atom. The molecule has 3 rings (SSSR count). The van der Waals surface area contributed by atoms with E-state index in [1.807, 2.05) is 42.5 Å². The van der Waals surface area contributed by atoms with Gasteiger partial charge in [0.25, 0.3) is 0 Å². The molecule has 0 spiro atoms. The third-order valence-corrected chi connectivity index (χ3v) is 4.11. The van der Waals surface area contributed by atoms with Crippen molar-refractivity contribution < 1.29 is 9.90 Å². The molecule has 104 valence electrons. The van der Waals surface area contributed by atoms with Crippen molar-refractivity contribution in [1.29, 1.82) is 0 Å². The Bertz CT molecular complexity index is 610. The molecule has 0 bridgehead atoms. The molecule has 2 N–H and O–H groups in total. The summed E-state index contributed by atoms with van der Waals surface area (Å²) in [5, 5.41) is 14.8. The Morgan fingerprint density at radius 3 is 2.50 bits per heavy atom. The number of nitrogens with one attached hydrogen (secondary N) is 1. The number of aliphatic hydroxyl groups is 1. The first-order valence-corrected chi connectivity index (χ1v) is 7.21. The second kappa shape index (κ2) is 5.63. The molecule has 20 heavy (non-hydrogen) atoms. The minimum atomic E-state index is -0.225. The highest BCUT2D eigenvalue weighted by Gasteiger charge is 2.25. The maximum Gasteiger partial charge on any atom is 0.227 e. The van der Waals surface area contributed by atoms with Gasteiger partial charge in [0.05, 0.1) is 6.10 Å². The number of benzene rings is 2. The number of anilines is 1. The summed E-state index contributed by atoms with van der Waals surface area (Å²) in [6.07, 6.45) is 2.79. The van der Waals surface area contributed by atoms with Crippen LogP contribution in [0.15, 0.2) is 42.5 Å². The molecule has 1 aliphatic carbocycles. The normalized spacial score (nSPS) is 22.6. The quantitative estimate of drug-likeness (QED) is 0.878. The van der Waals surface area contributed by atoms with E-state index in [2.05, 4.69) is 5.32 Å². The molecule has 3 heteroatoms. The number of hydrogen-bond donors (Lipinski definition) is 2. The molecule has 1 fully saturated rings. The van der Waals surface area contributed by atoms with Crippen LogP contribution < -0.4 is 5.32 Å². The zero-order valence-electron chi connectivity index (χ0n) is 11.4. The van der Waals surface area contributed by atoms with E-state index in [1.54, 1.807) is 0 Å². The molecule has 2 aromatic rings. The molecule has 0 saturated heterocycles. The second-order valence-corrected chi connectivity index (χ2v) is 5.52. The largest absolute Gasteiger partial charge is 0.393 e. The maximum absolute atomic E-state index is 12.3. The maximum atomic E-state index is 12.3. The van der Waals surface area contributed by atoms with Crippen molar-refractivity contribution in [3.05, 3.63) is 42.5 Å². The van der Waals surface area contributed by atoms with Crippen LogP contribution in [0.5, 0.6) is 0 Å². The van der Waals surface area contributed by atoms with E-state index in [0.717, 1.165) is 42.1 Å². The first-order chi connectivity index (χ1) is 9.74. The topological polar surface area (TPSA) is 49.3 Å². The van der Waals surface area contributed by atoms with E-state index in [0.29, 0.717) is 0 Å². The molecule has 1 saturated carbocycles. The molecule has 1 aliphatic rings. The van der Waals surface area contributed by atoms with Gasteiger partial charge in [-0.3, -0.25) is 4.79 Å². The highest BCUT2D eigenvalue weighted by molar-refractivity contribution is 6.02. The van der Waals surface area contributed by atoms with Crippen molar-refractivity contribution >= 4 is 22.4 Å². The van der Waals surface area contributed by atoms with Crippen LogP contribution in [-0.2, 0) is 4.79 Å². The van der Waals surface area contributed by atoms with E-state index in [1.165, 1.54) is 0 Å². The Morgan fingerprint density at radius 1 is 1.00 bits per heavy atom. The molecule has 0 unspecified atom stereocenters. The summed E-state index contributed by atoms with van der Waals surface area (Å²) in [5.74, 6) is 0.102. The summed E-state index contributed by atoms with van der Waals surface area (Å²) in [4.78, 5) is 12.3. The van der Waals surface area contributed by atoms with E-state index in [4.69, 9.17) is 0 Å². The summed E-state index contributed by atoms with van der Waals surface area (Å²) in [7, 11) is 0. The number of carbonyl (C=O) groups excluding carboxylic acids is 1. The highest BCUT2D eigenvalue weighted by Crippen LogP contribution is 2.27. The molecule has 0 aromatic heterocycles. The van der Waals surface area contributed by atoms with Gasteiger partial charge in [-0.1, -0.05) is 36.4 Å². The number of amides is 1. The minimum absolute atomic E-state index is 0.0253. The van der Waals surface area contributed by atoms with E-state index >= 15 is 0 Å². The molecular weight excluding hydrogens is 250 g/mol. The van der Waals surface area contributed by atoms with Crippen LogP contribution in [-0.4, -0.2) is 17.1 Å². The standard InChI is InChI=1S/C17H19NO2/c19-14-10-8-13(9-11-14)17(20)18-16-7-3-5-12-4-1-2-6-15(12)16/h1-7,13-14,19H,8-11H2,(H,18,20). The van der Waals surface area contributed by atoms with E-state index in [9.17, 15) is 9.90 Å². The Kier molecular flexibility index (Phi) is 3.70. The lowest BCUT2D eigenvalue weighted by molar-refractivity contribution is -0.121. The highest BCUT2D eigenvalue weighted by atomic mass is 16.3. The van der Waals surface area contributed by atoms with Gasteiger partial charge in [0.2, 0.25) is 5.91 Å². The average molecular weight is 269 g/mol. The van der Waals surface area contributed by atoms with Gasteiger partial charge in [0.15, 0.2) is 0 Å². The van der Waals surface area contributed by atoms with Crippen LogP contribution in [0.1, 0.15) is 25.7 Å². The Hall–Kier alpha value is -1.87. The van der Waals surface area contributed by atoms with Crippen LogP contribution in [0, 0.1) is 5.92 Å². The van der Waals surface area contributed by atoms with Crippen molar-refractivity contribution in [2.45, 2.75) is 31.8 Å². The van der Waals surface area contributed by atoms with Crippen LogP contribution in [0.25, 0.3) is 10.8 Å².